The van der Waals surface area contributed by atoms with Crippen molar-refractivity contribution in [3.63, 3.8) is 0 Å². The van der Waals surface area contributed by atoms with Gasteiger partial charge in [-0.15, -0.1) is 0 Å². The van der Waals surface area contributed by atoms with Crippen LogP contribution >= 0.6 is 0 Å². The van der Waals surface area contributed by atoms with Crippen molar-refractivity contribution in [2.75, 3.05) is 7.05 Å². The zero-order valence-corrected chi connectivity index (χ0v) is 8.10. The molecule has 1 aromatic rings. The number of hydrogen-bond donors (Lipinski definition) is 1. The Morgan fingerprint density at radius 2 is 2.33 bits per heavy atom. The second kappa shape index (κ2) is 4.77. The quantitative estimate of drug-likeness (QED) is 0.598. The van der Waals surface area contributed by atoms with Gasteiger partial charge in [0.15, 0.2) is 0 Å². The number of nitriles is 1. The monoisotopic (exact) mass is 203 g/mol. The topological polar surface area (TPSA) is 79.0 Å². The van der Waals surface area contributed by atoms with Gasteiger partial charge >= 0.3 is 0 Å². The molecule has 76 valence electrons. The first-order valence-electron chi connectivity index (χ1n) is 4.21. The van der Waals surface area contributed by atoms with E-state index in [1.165, 1.54) is 18.2 Å². The molecule has 5 nitrogen and oxygen atoms in total. The predicted octanol–water partition coefficient (Wildman–Crippen LogP) is 1.66. The molecule has 1 aromatic carbocycles. The molecule has 0 aliphatic rings. The molecule has 0 aliphatic carbocycles. The first-order chi connectivity index (χ1) is 7.19. The Morgan fingerprint density at radius 1 is 1.60 bits per heavy atom. The molecule has 1 N–H and O–H groups in total. The van der Waals surface area contributed by atoms with Gasteiger partial charge in [-0.1, -0.05) is 0 Å². The van der Waals surface area contributed by atoms with Crippen LogP contribution in [0.5, 0.6) is 0 Å². The van der Waals surface area contributed by atoms with Crippen molar-refractivity contribution < 1.29 is 4.92 Å². The molecule has 0 atom stereocenters. The molecule has 0 saturated carbocycles. The summed E-state index contributed by atoms with van der Waals surface area (Å²) in [4.78, 5) is 10.0. The van der Waals surface area contributed by atoms with Crippen molar-refractivity contribution in [1.29, 1.82) is 5.26 Å². The highest BCUT2D eigenvalue weighted by atomic mass is 16.6. The smallest absolute Gasteiger partial charge is 0.270 e. The molecular weight excluding hydrogens is 194 g/mol. The third kappa shape index (κ3) is 2.54. The van der Waals surface area contributed by atoms with Crippen LogP contribution in [0.15, 0.2) is 24.4 Å². The minimum atomic E-state index is -0.488. The van der Waals surface area contributed by atoms with Crippen molar-refractivity contribution in [1.82, 2.24) is 5.32 Å². The molecule has 0 saturated heterocycles. The van der Waals surface area contributed by atoms with E-state index in [9.17, 15) is 10.1 Å². The molecule has 0 fully saturated rings. The van der Waals surface area contributed by atoms with Crippen molar-refractivity contribution in [2.24, 2.45) is 0 Å². The van der Waals surface area contributed by atoms with Crippen LogP contribution < -0.4 is 5.32 Å². The van der Waals surface area contributed by atoms with Gasteiger partial charge in [-0.05, 0) is 18.3 Å². The van der Waals surface area contributed by atoms with Crippen LogP contribution in [0.2, 0.25) is 0 Å². The number of rotatable bonds is 3. The summed E-state index contributed by atoms with van der Waals surface area (Å²) in [5.41, 5.74) is 0.915. The van der Waals surface area contributed by atoms with Crippen LogP contribution in [0, 0.1) is 21.4 Å². The Labute approximate surface area is 86.8 Å². The van der Waals surface area contributed by atoms with E-state index in [0.717, 1.165) is 0 Å². The zero-order chi connectivity index (χ0) is 11.3. The first-order valence-corrected chi connectivity index (χ1v) is 4.21. The molecule has 0 bridgehead atoms. The van der Waals surface area contributed by atoms with Gasteiger partial charge in [0.25, 0.3) is 5.69 Å². The van der Waals surface area contributed by atoms with Crippen LogP contribution in [-0.4, -0.2) is 12.0 Å². The lowest BCUT2D eigenvalue weighted by molar-refractivity contribution is -0.384. The fourth-order valence-corrected chi connectivity index (χ4v) is 1.08. The largest absolute Gasteiger partial charge is 0.394 e. The number of nitro groups is 1. The van der Waals surface area contributed by atoms with Crippen LogP contribution in [0.3, 0.4) is 0 Å². The molecule has 0 unspecified atom stereocenters. The van der Waals surface area contributed by atoms with E-state index < -0.39 is 4.92 Å². The van der Waals surface area contributed by atoms with Crippen LogP contribution in [0.1, 0.15) is 11.1 Å². The van der Waals surface area contributed by atoms with E-state index in [2.05, 4.69) is 5.32 Å². The SMILES string of the molecule is CN/C=C/c1cc([N+](=O)[O-])ccc1C#N. The van der Waals surface area contributed by atoms with Crippen LogP contribution in [-0.2, 0) is 0 Å². The average Bonchev–Trinajstić information content (AvgIpc) is 2.25. The van der Waals surface area contributed by atoms with E-state index in [0.29, 0.717) is 11.1 Å². The van der Waals surface area contributed by atoms with Gasteiger partial charge < -0.3 is 5.32 Å². The maximum Gasteiger partial charge on any atom is 0.270 e. The van der Waals surface area contributed by atoms with E-state index in [1.54, 1.807) is 19.3 Å². The molecular formula is C10H9N3O2. The Balaban J connectivity index is 3.20. The van der Waals surface area contributed by atoms with E-state index in [1.807, 2.05) is 6.07 Å². The molecule has 5 heteroatoms. The minimum Gasteiger partial charge on any atom is -0.394 e. The zero-order valence-electron chi connectivity index (χ0n) is 8.10. The molecule has 0 heterocycles. The van der Waals surface area contributed by atoms with Gasteiger partial charge in [0.05, 0.1) is 16.6 Å². The molecule has 1 rings (SSSR count). The number of hydrogen-bond acceptors (Lipinski definition) is 4. The average molecular weight is 203 g/mol. The number of nitro benzene ring substituents is 1. The molecule has 0 radical (unpaired) electrons. The highest BCUT2D eigenvalue weighted by Crippen LogP contribution is 2.18. The maximum atomic E-state index is 10.5. The summed E-state index contributed by atoms with van der Waals surface area (Å²) in [6.07, 6.45) is 3.23. The van der Waals surface area contributed by atoms with Gasteiger partial charge in [0.1, 0.15) is 0 Å². The summed E-state index contributed by atoms with van der Waals surface area (Å²) < 4.78 is 0. The van der Waals surface area contributed by atoms with Crippen LogP contribution in [0.25, 0.3) is 6.08 Å². The van der Waals surface area contributed by atoms with Crippen molar-refractivity contribution in [3.05, 3.63) is 45.6 Å². The molecule has 15 heavy (non-hydrogen) atoms. The summed E-state index contributed by atoms with van der Waals surface area (Å²) in [6.45, 7) is 0. The lowest BCUT2D eigenvalue weighted by atomic mass is 10.1. The second-order valence-corrected chi connectivity index (χ2v) is 2.76. The van der Waals surface area contributed by atoms with Gasteiger partial charge in [0, 0.05) is 24.7 Å². The van der Waals surface area contributed by atoms with Gasteiger partial charge in [-0.3, -0.25) is 10.1 Å². The number of nitrogens with zero attached hydrogens (tertiary/aromatic N) is 2. The highest BCUT2D eigenvalue weighted by molar-refractivity contribution is 5.61. The highest BCUT2D eigenvalue weighted by Gasteiger charge is 2.08. The second-order valence-electron chi connectivity index (χ2n) is 2.76. The molecule has 0 amide bonds. The number of non-ortho nitro benzene ring substituents is 1. The lowest BCUT2D eigenvalue weighted by Gasteiger charge is -1.97. The Bertz CT molecular complexity index is 446. The van der Waals surface area contributed by atoms with E-state index >= 15 is 0 Å². The summed E-state index contributed by atoms with van der Waals surface area (Å²) in [5.74, 6) is 0. The number of benzene rings is 1. The molecule has 0 spiro atoms. The Kier molecular flexibility index (Phi) is 3.41. The minimum absolute atomic E-state index is 0.0234. The first kappa shape index (κ1) is 10.7. The van der Waals surface area contributed by atoms with Gasteiger partial charge in [-0.2, -0.15) is 5.26 Å². The predicted molar refractivity (Wildman–Crippen MR) is 55.9 cm³/mol. The van der Waals surface area contributed by atoms with Crippen molar-refractivity contribution >= 4 is 11.8 Å². The fourth-order valence-electron chi connectivity index (χ4n) is 1.08. The fraction of sp³-hybridized carbons (Fsp3) is 0.100. The lowest BCUT2D eigenvalue weighted by Crippen LogP contribution is -1.93. The summed E-state index contributed by atoms with van der Waals surface area (Å²) >= 11 is 0. The molecule has 0 aliphatic heterocycles. The third-order valence-corrected chi connectivity index (χ3v) is 1.80. The standard InChI is InChI=1S/C10H9N3O2/c1-12-5-4-8-6-10(13(14)15)3-2-9(8)7-11/h2-6,12H,1H3/b5-4+. The van der Waals surface area contributed by atoms with Crippen LogP contribution in [0.4, 0.5) is 5.69 Å². The summed E-state index contributed by atoms with van der Waals surface area (Å²) in [7, 11) is 1.71. The Hall–Kier alpha value is -2.35. The van der Waals surface area contributed by atoms with Gasteiger partial charge in [0.2, 0.25) is 0 Å². The van der Waals surface area contributed by atoms with Gasteiger partial charge in [-0.25, -0.2) is 0 Å². The van der Waals surface area contributed by atoms with Crippen molar-refractivity contribution in [3.8, 4) is 6.07 Å². The van der Waals surface area contributed by atoms with Crippen molar-refractivity contribution in [2.45, 2.75) is 0 Å². The third-order valence-electron chi connectivity index (χ3n) is 1.80. The Morgan fingerprint density at radius 3 is 2.87 bits per heavy atom. The number of nitrogens with one attached hydrogen (secondary N) is 1. The molecule has 0 aromatic heterocycles. The summed E-state index contributed by atoms with van der Waals surface area (Å²) in [5, 5.41) is 22.0. The normalized spacial score (nSPS) is 9.87. The van der Waals surface area contributed by atoms with E-state index in [4.69, 9.17) is 5.26 Å². The maximum absolute atomic E-state index is 10.5. The summed E-state index contributed by atoms with van der Waals surface area (Å²) in [6, 6.07) is 6.09. The van der Waals surface area contributed by atoms with E-state index in [-0.39, 0.29) is 5.69 Å².